The van der Waals surface area contributed by atoms with Crippen LogP contribution < -0.4 is 15.0 Å². The molecule has 1 N–H and O–H groups in total. The number of ether oxygens (including phenoxy) is 1. The summed E-state index contributed by atoms with van der Waals surface area (Å²) < 4.78 is 18.3. The number of anilines is 2. The second kappa shape index (κ2) is 8.55. The minimum Gasteiger partial charge on any atom is -0.497 e. The number of halogens is 1. The second-order valence-corrected chi connectivity index (χ2v) is 6.37. The van der Waals surface area contributed by atoms with Crippen LogP contribution in [-0.4, -0.2) is 42.4 Å². The summed E-state index contributed by atoms with van der Waals surface area (Å²) in [6.45, 7) is 3.70. The van der Waals surface area contributed by atoms with Crippen molar-refractivity contribution >= 4 is 29.2 Å². The van der Waals surface area contributed by atoms with Gasteiger partial charge in [-0.15, -0.1) is 6.58 Å². The first-order chi connectivity index (χ1) is 13.9. The Morgan fingerprint density at radius 3 is 2.41 bits per heavy atom. The summed E-state index contributed by atoms with van der Waals surface area (Å²) in [7, 11) is 1.54. The lowest BCUT2D eigenvalue weighted by Crippen LogP contribution is -2.38. The van der Waals surface area contributed by atoms with Crippen LogP contribution in [0.3, 0.4) is 0 Å². The Morgan fingerprint density at radius 1 is 1.17 bits per heavy atom. The molecule has 0 bridgehead atoms. The normalized spacial score (nSPS) is 16.1. The Balaban J connectivity index is 1.77. The van der Waals surface area contributed by atoms with Crippen molar-refractivity contribution in [2.24, 2.45) is 0 Å². The molecule has 1 saturated heterocycles. The Kier molecular flexibility index (Phi) is 5.92. The van der Waals surface area contributed by atoms with E-state index in [1.807, 2.05) is 0 Å². The molecule has 4 amide bonds. The SMILES string of the molecule is C=CCN1C(=O)N(c2ccc(F)cc2)C(=O)[C@@H]1CC(=O)Nc1ccc(OC)cc1. The second-order valence-electron chi connectivity index (χ2n) is 6.37. The first-order valence-electron chi connectivity index (χ1n) is 8.89. The topological polar surface area (TPSA) is 79.0 Å². The number of carbonyl (C=O) groups excluding carboxylic acids is 3. The fourth-order valence-corrected chi connectivity index (χ4v) is 3.07. The molecule has 2 aromatic carbocycles. The van der Waals surface area contributed by atoms with Gasteiger partial charge in [-0.25, -0.2) is 14.1 Å². The molecule has 0 unspecified atom stereocenters. The van der Waals surface area contributed by atoms with Crippen LogP contribution in [0.4, 0.5) is 20.6 Å². The van der Waals surface area contributed by atoms with Gasteiger partial charge in [0, 0.05) is 12.2 Å². The molecule has 1 atom stereocenters. The van der Waals surface area contributed by atoms with Crippen molar-refractivity contribution in [3.8, 4) is 5.75 Å². The highest BCUT2D eigenvalue weighted by Gasteiger charge is 2.46. The highest BCUT2D eigenvalue weighted by molar-refractivity contribution is 6.22. The Labute approximate surface area is 167 Å². The number of urea groups is 1. The summed E-state index contributed by atoms with van der Waals surface area (Å²) in [4.78, 5) is 40.4. The zero-order chi connectivity index (χ0) is 21.0. The standard InChI is InChI=1S/C21H20FN3O4/c1-3-12-24-18(13-19(26)23-15-6-10-17(29-2)11-7-15)20(27)25(21(24)28)16-8-4-14(22)5-9-16/h3-11,18H,1,12-13H2,2H3,(H,23,26)/t18-/m0/s1. The summed E-state index contributed by atoms with van der Waals surface area (Å²) in [6.07, 6.45) is 1.26. The van der Waals surface area contributed by atoms with Crippen LogP contribution in [0.15, 0.2) is 61.2 Å². The van der Waals surface area contributed by atoms with E-state index in [9.17, 15) is 18.8 Å². The van der Waals surface area contributed by atoms with E-state index in [2.05, 4.69) is 11.9 Å². The third kappa shape index (κ3) is 4.26. The van der Waals surface area contributed by atoms with Crippen molar-refractivity contribution in [3.63, 3.8) is 0 Å². The third-order valence-electron chi connectivity index (χ3n) is 4.48. The molecule has 1 heterocycles. The summed E-state index contributed by atoms with van der Waals surface area (Å²) in [5.74, 6) is -0.803. The van der Waals surface area contributed by atoms with Gasteiger partial charge in [0.1, 0.15) is 17.6 Å². The average molecular weight is 397 g/mol. The number of benzene rings is 2. The van der Waals surface area contributed by atoms with Gasteiger partial charge in [-0.1, -0.05) is 6.08 Å². The van der Waals surface area contributed by atoms with E-state index >= 15 is 0 Å². The smallest absolute Gasteiger partial charge is 0.332 e. The molecule has 1 aliphatic rings. The molecule has 0 aromatic heterocycles. The van der Waals surface area contributed by atoms with E-state index in [4.69, 9.17) is 4.74 Å². The van der Waals surface area contributed by atoms with Gasteiger partial charge >= 0.3 is 6.03 Å². The molecule has 8 heteroatoms. The van der Waals surface area contributed by atoms with Crippen molar-refractivity contribution in [2.75, 3.05) is 23.9 Å². The lowest BCUT2D eigenvalue weighted by Gasteiger charge is -2.19. The van der Waals surface area contributed by atoms with Crippen molar-refractivity contribution in [1.82, 2.24) is 4.90 Å². The van der Waals surface area contributed by atoms with Gasteiger partial charge in [-0.3, -0.25) is 9.59 Å². The fourth-order valence-electron chi connectivity index (χ4n) is 3.07. The molecule has 0 spiro atoms. The number of rotatable bonds is 7. The molecule has 1 aliphatic heterocycles. The maximum atomic E-state index is 13.2. The minimum absolute atomic E-state index is 0.1000. The quantitative estimate of drug-likeness (QED) is 0.575. The first kappa shape index (κ1) is 20.1. The number of imide groups is 1. The Morgan fingerprint density at radius 2 is 1.83 bits per heavy atom. The monoisotopic (exact) mass is 397 g/mol. The Hall–Kier alpha value is -3.68. The molecule has 2 aromatic rings. The van der Waals surface area contributed by atoms with Crippen molar-refractivity contribution in [3.05, 3.63) is 67.0 Å². The molecule has 1 fully saturated rings. The van der Waals surface area contributed by atoms with Gasteiger partial charge in [0.25, 0.3) is 5.91 Å². The predicted molar refractivity (Wildman–Crippen MR) is 106 cm³/mol. The maximum absolute atomic E-state index is 13.2. The predicted octanol–water partition coefficient (Wildman–Crippen LogP) is 3.19. The van der Waals surface area contributed by atoms with E-state index in [1.165, 1.54) is 30.2 Å². The van der Waals surface area contributed by atoms with Crippen molar-refractivity contribution in [1.29, 1.82) is 0 Å². The molecular formula is C21H20FN3O4. The van der Waals surface area contributed by atoms with Crippen LogP contribution in [0.5, 0.6) is 5.75 Å². The maximum Gasteiger partial charge on any atom is 0.332 e. The molecule has 0 radical (unpaired) electrons. The molecular weight excluding hydrogens is 377 g/mol. The minimum atomic E-state index is -0.983. The number of hydrogen-bond donors (Lipinski definition) is 1. The first-order valence-corrected chi connectivity index (χ1v) is 8.89. The molecule has 29 heavy (non-hydrogen) atoms. The number of methoxy groups -OCH3 is 1. The van der Waals surface area contributed by atoms with Crippen LogP contribution in [0, 0.1) is 5.82 Å². The third-order valence-corrected chi connectivity index (χ3v) is 4.48. The van der Waals surface area contributed by atoms with E-state index in [0.29, 0.717) is 11.4 Å². The number of nitrogens with zero attached hydrogens (tertiary/aromatic N) is 2. The zero-order valence-electron chi connectivity index (χ0n) is 15.8. The van der Waals surface area contributed by atoms with Crippen LogP contribution in [0.2, 0.25) is 0 Å². The number of amides is 4. The average Bonchev–Trinajstić information content (AvgIpc) is 2.94. The van der Waals surface area contributed by atoms with Crippen LogP contribution in [-0.2, 0) is 9.59 Å². The lowest BCUT2D eigenvalue weighted by atomic mass is 10.1. The van der Waals surface area contributed by atoms with Crippen molar-refractivity contribution < 1.29 is 23.5 Å². The highest BCUT2D eigenvalue weighted by atomic mass is 19.1. The zero-order valence-corrected chi connectivity index (χ0v) is 15.8. The van der Waals surface area contributed by atoms with E-state index in [-0.39, 0.29) is 18.7 Å². The molecule has 7 nitrogen and oxygen atoms in total. The van der Waals surface area contributed by atoms with Crippen LogP contribution in [0.1, 0.15) is 6.42 Å². The molecule has 3 rings (SSSR count). The van der Waals surface area contributed by atoms with Crippen molar-refractivity contribution in [2.45, 2.75) is 12.5 Å². The largest absolute Gasteiger partial charge is 0.497 e. The number of carbonyl (C=O) groups is 3. The molecule has 150 valence electrons. The molecule has 0 saturated carbocycles. The number of nitrogens with one attached hydrogen (secondary N) is 1. The van der Waals surface area contributed by atoms with E-state index in [1.54, 1.807) is 24.3 Å². The Bertz CT molecular complexity index is 928. The van der Waals surface area contributed by atoms with Gasteiger partial charge in [0.2, 0.25) is 5.91 Å². The van der Waals surface area contributed by atoms with E-state index < -0.39 is 29.7 Å². The van der Waals surface area contributed by atoms with Crippen LogP contribution >= 0.6 is 0 Å². The van der Waals surface area contributed by atoms with Crippen LogP contribution in [0.25, 0.3) is 0 Å². The lowest BCUT2D eigenvalue weighted by molar-refractivity contribution is -0.124. The van der Waals surface area contributed by atoms with Gasteiger partial charge in [0.05, 0.1) is 19.2 Å². The fraction of sp³-hybridized carbons (Fsp3) is 0.190. The van der Waals surface area contributed by atoms with Gasteiger partial charge < -0.3 is 15.0 Å². The summed E-state index contributed by atoms with van der Waals surface area (Å²) in [6, 6.07) is 10.2. The van der Waals surface area contributed by atoms with Gasteiger partial charge in [-0.05, 0) is 48.5 Å². The summed E-state index contributed by atoms with van der Waals surface area (Å²) >= 11 is 0. The highest BCUT2D eigenvalue weighted by Crippen LogP contribution is 2.27. The molecule has 0 aliphatic carbocycles. The van der Waals surface area contributed by atoms with Gasteiger partial charge in [0.15, 0.2) is 0 Å². The summed E-state index contributed by atoms with van der Waals surface area (Å²) in [5.41, 5.74) is 0.784. The van der Waals surface area contributed by atoms with E-state index in [0.717, 1.165) is 17.0 Å². The summed E-state index contributed by atoms with van der Waals surface area (Å²) in [5, 5.41) is 2.70. The van der Waals surface area contributed by atoms with Gasteiger partial charge in [-0.2, -0.15) is 0 Å². The number of hydrogen-bond acceptors (Lipinski definition) is 4.